The summed E-state index contributed by atoms with van der Waals surface area (Å²) < 4.78 is 3.07. The normalized spacial score (nSPS) is 11.1. The van der Waals surface area contributed by atoms with Gasteiger partial charge in [0, 0.05) is 16.9 Å². The summed E-state index contributed by atoms with van der Waals surface area (Å²) in [4.78, 5) is 0. The number of rotatable bonds is 0. The first-order valence-corrected chi connectivity index (χ1v) is 4.98. The molecular weight excluding hydrogens is 228 g/mol. The van der Waals surface area contributed by atoms with Crippen LogP contribution in [0.25, 0.3) is 10.9 Å². The molecule has 0 radical (unpaired) electrons. The van der Waals surface area contributed by atoms with E-state index in [2.05, 4.69) is 40.1 Å². The van der Waals surface area contributed by atoms with Crippen molar-refractivity contribution in [2.45, 2.75) is 13.8 Å². The van der Waals surface area contributed by atoms with Gasteiger partial charge in [-0.05, 0) is 31.5 Å². The molecule has 13 heavy (non-hydrogen) atoms. The predicted molar refractivity (Wildman–Crippen MR) is 57.9 cm³/mol. The van der Waals surface area contributed by atoms with E-state index < -0.39 is 0 Å². The smallest absolute Gasteiger partial charge is 0.0685 e. The van der Waals surface area contributed by atoms with Crippen LogP contribution in [0.3, 0.4) is 0 Å². The molecule has 0 fully saturated rings. The maximum atomic E-state index is 4.37. The Morgan fingerprint density at radius 2 is 2.00 bits per heavy atom. The van der Waals surface area contributed by atoms with Crippen molar-refractivity contribution in [1.82, 2.24) is 9.78 Å². The second kappa shape index (κ2) is 2.84. The summed E-state index contributed by atoms with van der Waals surface area (Å²) in [6, 6.07) is 4.28. The molecule has 0 saturated carbocycles. The minimum atomic E-state index is 1.08. The first kappa shape index (κ1) is 8.75. The molecule has 0 saturated heterocycles. The Morgan fingerprint density at radius 1 is 1.31 bits per heavy atom. The third kappa shape index (κ3) is 1.27. The molecule has 0 N–H and O–H groups in total. The van der Waals surface area contributed by atoms with Gasteiger partial charge in [0.1, 0.15) is 0 Å². The molecule has 0 aliphatic rings. The summed E-state index contributed by atoms with van der Waals surface area (Å²) in [5.41, 5.74) is 3.52. The zero-order valence-corrected chi connectivity index (χ0v) is 9.51. The average Bonchev–Trinajstić information content (AvgIpc) is 2.31. The third-order valence-corrected chi connectivity index (χ3v) is 3.17. The number of nitrogens with zero attached hydrogens (tertiary/aromatic N) is 2. The Balaban J connectivity index is 2.91. The highest BCUT2D eigenvalue weighted by molar-refractivity contribution is 9.10. The zero-order valence-electron chi connectivity index (χ0n) is 7.93. The number of fused-ring (bicyclic) bond motifs is 1. The molecule has 0 aliphatic carbocycles. The molecule has 2 nitrogen and oxygen atoms in total. The second-order valence-corrected chi connectivity index (χ2v) is 4.18. The third-order valence-electron chi connectivity index (χ3n) is 2.32. The molecule has 0 atom stereocenters. The number of aromatic nitrogens is 2. The fourth-order valence-corrected chi connectivity index (χ4v) is 1.90. The van der Waals surface area contributed by atoms with Crippen LogP contribution < -0.4 is 0 Å². The highest BCUT2D eigenvalue weighted by atomic mass is 79.9. The van der Waals surface area contributed by atoms with Gasteiger partial charge in [0.15, 0.2) is 0 Å². The molecule has 2 rings (SSSR count). The van der Waals surface area contributed by atoms with Gasteiger partial charge < -0.3 is 0 Å². The van der Waals surface area contributed by atoms with Gasteiger partial charge in [-0.15, -0.1) is 0 Å². The van der Waals surface area contributed by atoms with Gasteiger partial charge in [0.05, 0.1) is 11.2 Å². The minimum Gasteiger partial charge on any atom is -0.268 e. The van der Waals surface area contributed by atoms with E-state index in [4.69, 9.17) is 0 Å². The van der Waals surface area contributed by atoms with E-state index >= 15 is 0 Å². The molecule has 1 aromatic heterocycles. The van der Waals surface area contributed by atoms with Gasteiger partial charge in [-0.25, -0.2) is 0 Å². The summed E-state index contributed by atoms with van der Waals surface area (Å²) in [5, 5.41) is 5.59. The van der Waals surface area contributed by atoms with E-state index in [1.165, 1.54) is 16.5 Å². The van der Waals surface area contributed by atoms with Crippen molar-refractivity contribution in [2.75, 3.05) is 0 Å². The average molecular weight is 239 g/mol. The number of halogens is 1. The molecule has 3 heteroatoms. The lowest BCUT2D eigenvalue weighted by atomic mass is 10.1. The molecule has 1 aromatic carbocycles. The first-order chi connectivity index (χ1) is 6.09. The Kier molecular flexibility index (Phi) is 1.91. The second-order valence-electron chi connectivity index (χ2n) is 3.33. The van der Waals surface area contributed by atoms with Crippen molar-refractivity contribution in [3.63, 3.8) is 0 Å². The molecular formula is C10H11BrN2. The van der Waals surface area contributed by atoms with Gasteiger partial charge in [0.2, 0.25) is 0 Å². The summed E-state index contributed by atoms with van der Waals surface area (Å²) in [7, 11) is 1.97. The van der Waals surface area contributed by atoms with Crippen molar-refractivity contribution in [2.24, 2.45) is 7.05 Å². The molecule has 0 spiro atoms. The Morgan fingerprint density at radius 3 is 2.69 bits per heavy atom. The van der Waals surface area contributed by atoms with Gasteiger partial charge in [-0.3, -0.25) is 4.68 Å². The van der Waals surface area contributed by atoms with Crippen molar-refractivity contribution < 1.29 is 0 Å². The molecule has 0 aliphatic heterocycles. The summed E-state index contributed by atoms with van der Waals surface area (Å²) in [5.74, 6) is 0. The van der Waals surface area contributed by atoms with E-state index in [0.717, 1.165) is 10.2 Å². The van der Waals surface area contributed by atoms with Crippen molar-refractivity contribution in [3.8, 4) is 0 Å². The largest absolute Gasteiger partial charge is 0.268 e. The summed E-state index contributed by atoms with van der Waals surface area (Å²) in [6.07, 6.45) is 0. The fourth-order valence-electron chi connectivity index (χ4n) is 1.56. The molecule has 2 aromatic rings. The highest BCUT2D eigenvalue weighted by Gasteiger charge is 2.06. The van der Waals surface area contributed by atoms with Crippen LogP contribution in [0.1, 0.15) is 11.3 Å². The van der Waals surface area contributed by atoms with Gasteiger partial charge in [-0.2, -0.15) is 5.10 Å². The fraction of sp³-hybridized carbons (Fsp3) is 0.300. The Hall–Kier alpha value is -0.830. The van der Waals surface area contributed by atoms with Gasteiger partial charge in [0.25, 0.3) is 0 Å². The van der Waals surface area contributed by atoms with Crippen molar-refractivity contribution in [1.29, 1.82) is 0 Å². The van der Waals surface area contributed by atoms with Crippen molar-refractivity contribution >= 4 is 26.8 Å². The molecule has 68 valence electrons. The van der Waals surface area contributed by atoms with Crippen LogP contribution >= 0.6 is 15.9 Å². The lowest BCUT2D eigenvalue weighted by Crippen LogP contribution is -1.89. The maximum Gasteiger partial charge on any atom is 0.0685 e. The standard InChI is InChI=1S/C10H11BrN2/c1-6-4-10-8(5-9(6)11)7(2)12-13(10)3/h4-5H,1-3H3. The molecule has 0 amide bonds. The SMILES string of the molecule is Cc1cc2c(cc1Br)c(C)nn2C. The monoisotopic (exact) mass is 238 g/mol. The topological polar surface area (TPSA) is 17.8 Å². The van der Waals surface area contributed by atoms with Crippen molar-refractivity contribution in [3.05, 3.63) is 27.9 Å². The summed E-state index contributed by atoms with van der Waals surface area (Å²) >= 11 is 3.52. The summed E-state index contributed by atoms with van der Waals surface area (Å²) in [6.45, 7) is 4.12. The minimum absolute atomic E-state index is 1.08. The van der Waals surface area contributed by atoms with E-state index in [0.29, 0.717) is 0 Å². The van der Waals surface area contributed by atoms with Crippen LogP contribution in [-0.4, -0.2) is 9.78 Å². The van der Waals surface area contributed by atoms with Gasteiger partial charge in [-0.1, -0.05) is 15.9 Å². The van der Waals surface area contributed by atoms with Crippen LogP contribution in [0.5, 0.6) is 0 Å². The Labute approximate surface area is 85.7 Å². The quantitative estimate of drug-likeness (QED) is 0.691. The van der Waals surface area contributed by atoms with E-state index in [1.807, 2.05) is 18.7 Å². The predicted octanol–water partition coefficient (Wildman–Crippen LogP) is 2.95. The van der Waals surface area contributed by atoms with Crippen LogP contribution in [0.15, 0.2) is 16.6 Å². The Bertz CT molecular complexity index is 429. The van der Waals surface area contributed by atoms with E-state index in [1.54, 1.807) is 0 Å². The number of hydrogen-bond donors (Lipinski definition) is 0. The molecule has 0 bridgehead atoms. The van der Waals surface area contributed by atoms with Crippen LogP contribution in [0.4, 0.5) is 0 Å². The zero-order chi connectivity index (χ0) is 9.59. The van der Waals surface area contributed by atoms with E-state index in [-0.39, 0.29) is 0 Å². The lowest BCUT2D eigenvalue weighted by molar-refractivity contribution is 0.783. The van der Waals surface area contributed by atoms with Crippen LogP contribution in [-0.2, 0) is 7.05 Å². The first-order valence-electron chi connectivity index (χ1n) is 4.19. The highest BCUT2D eigenvalue weighted by Crippen LogP contribution is 2.25. The molecule has 1 heterocycles. The number of benzene rings is 1. The maximum absolute atomic E-state index is 4.37. The molecule has 0 unspecified atom stereocenters. The van der Waals surface area contributed by atoms with Crippen LogP contribution in [0, 0.1) is 13.8 Å². The van der Waals surface area contributed by atoms with E-state index in [9.17, 15) is 0 Å². The van der Waals surface area contributed by atoms with Crippen LogP contribution in [0.2, 0.25) is 0 Å². The number of aryl methyl sites for hydroxylation is 3. The lowest BCUT2D eigenvalue weighted by Gasteiger charge is -1.99. The van der Waals surface area contributed by atoms with Gasteiger partial charge >= 0.3 is 0 Å². The number of hydrogen-bond acceptors (Lipinski definition) is 1.